The van der Waals surface area contributed by atoms with Crippen molar-refractivity contribution < 1.29 is 4.79 Å². The Hall–Kier alpha value is -2.40. The second kappa shape index (κ2) is 6.61. The van der Waals surface area contributed by atoms with Crippen LogP contribution < -0.4 is 5.32 Å². The summed E-state index contributed by atoms with van der Waals surface area (Å²) in [6.07, 6.45) is 1.70. The van der Waals surface area contributed by atoms with E-state index in [-0.39, 0.29) is 11.3 Å². The van der Waals surface area contributed by atoms with E-state index in [1.165, 1.54) is 16.9 Å². The number of nitrogens with zero attached hydrogens (tertiary/aromatic N) is 2. The van der Waals surface area contributed by atoms with Crippen LogP contribution in [0.15, 0.2) is 54.0 Å². The topological polar surface area (TPSA) is 46.9 Å². The first-order valence-electron chi connectivity index (χ1n) is 7.89. The van der Waals surface area contributed by atoms with Gasteiger partial charge in [-0.05, 0) is 28.0 Å². The summed E-state index contributed by atoms with van der Waals surface area (Å²) in [6.45, 7) is 7.23. The summed E-state index contributed by atoms with van der Waals surface area (Å²) < 4.78 is 1.80. The molecule has 0 atom stereocenters. The van der Waals surface area contributed by atoms with E-state index >= 15 is 0 Å². The lowest BCUT2D eigenvalue weighted by molar-refractivity contribution is 0.102. The van der Waals surface area contributed by atoms with Gasteiger partial charge in [-0.3, -0.25) is 4.79 Å². The van der Waals surface area contributed by atoms with Crippen molar-refractivity contribution in [2.75, 3.05) is 5.32 Å². The summed E-state index contributed by atoms with van der Waals surface area (Å²) in [5, 5.41) is 9.13. The minimum atomic E-state index is -0.102. The molecule has 3 rings (SSSR count). The number of carbonyl (C=O) groups excluding carboxylic acids is 1. The predicted octanol–water partition coefficient (Wildman–Crippen LogP) is 4.54. The van der Waals surface area contributed by atoms with Crippen molar-refractivity contribution in [2.24, 2.45) is 0 Å². The molecular formula is C19H21N3OS. The molecule has 124 valence electrons. The molecule has 0 aliphatic heterocycles. The molecule has 0 aliphatic carbocycles. The SMILES string of the molecule is CC(C)(C)c1ccc(Cn2nccc2NC(=O)c2cccs2)cc1. The van der Waals surface area contributed by atoms with E-state index in [4.69, 9.17) is 0 Å². The molecule has 1 aromatic carbocycles. The van der Waals surface area contributed by atoms with Gasteiger partial charge in [-0.2, -0.15) is 5.10 Å². The minimum absolute atomic E-state index is 0.102. The Bertz CT molecular complexity index is 811. The van der Waals surface area contributed by atoms with Crippen molar-refractivity contribution in [3.05, 3.63) is 70.0 Å². The number of benzene rings is 1. The molecule has 1 N–H and O–H groups in total. The van der Waals surface area contributed by atoms with Gasteiger partial charge >= 0.3 is 0 Å². The Kier molecular flexibility index (Phi) is 4.53. The first-order valence-corrected chi connectivity index (χ1v) is 8.77. The van der Waals surface area contributed by atoms with Crippen LogP contribution in [0.4, 0.5) is 5.82 Å². The van der Waals surface area contributed by atoms with Gasteiger partial charge in [-0.15, -0.1) is 11.3 Å². The highest BCUT2D eigenvalue weighted by molar-refractivity contribution is 7.12. The standard InChI is InChI=1S/C19H21N3OS/c1-19(2,3)15-8-6-14(7-9-15)13-22-17(10-11-20-22)21-18(23)16-5-4-12-24-16/h4-12H,13H2,1-3H3,(H,21,23). The maximum Gasteiger partial charge on any atom is 0.266 e. The third-order valence-corrected chi connectivity index (χ3v) is 4.72. The van der Waals surface area contributed by atoms with Crippen LogP contribution in [-0.4, -0.2) is 15.7 Å². The predicted molar refractivity (Wildman–Crippen MR) is 98.7 cm³/mol. The number of aromatic nitrogens is 2. The molecule has 0 fully saturated rings. The molecule has 5 heteroatoms. The number of nitrogens with one attached hydrogen (secondary N) is 1. The summed E-state index contributed by atoms with van der Waals surface area (Å²) >= 11 is 1.42. The normalized spacial score (nSPS) is 11.5. The van der Waals surface area contributed by atoms with Crippen LogP contribution in [0.1, 0.15) is 41.6 Å². The van der Waals surface area contributed by atoms with E-state index in [9.17, 15) is 4.79 Å². The Morgan fingerprint density at radius 3 is 2.54 bits per heavy atom. The minimum Gasteiger partial charge on any atom is -0.306 e. The molecular weight excluding hydrogens is 318 g/mol. The van der Waals surface area contributed by atoms with Crippen molar-refractivity contribution >= 4 is 23.1 Å². The monoisotopic (exact) mass is 339 g/mol. The van der Waals surface area contributed by atoms with E-state index in [0.29, 0.717) is 17.2 Å². The summed E-state index contributed by atoms with van der Waals surface area (Å²) in [5.41, 5.74) is 2.60. The largest absolute Gasteiger partial charge is 0.306 e. The van der Waals surface area contributed by atoms with Crippen molar-refractivity contribution in [1.29, 1.82) is 0 Å². The van der Waals surface area contributed by atoms with Gasteiger partial charge in [0.05, 0.1) is 17.6 Å². The summed E-state index contributed by atoms with van der Waals surface area (Å²) in [7, 11) is 0. The second-order valence-corrected chi connectivity index (χ2v) is 7.70. The molecule has 0 unspecified atom stereocenters. The third kappa shape index (κ3) is 3.74. The van der Waals surface area contributed by atoms with Crippen LogP contribution in [0.2, 0.25) is 0 Å². The van der Waals surface area contributed by atoms with Gasteiger partial charge in [0.15, 0.2) is 0 Å². The number of thiophene rings is 1. The molecule has 3 aromatic rings. The summed E-state index contributed by atoms with van der Waals surface area (Å²) in [4.78, 5) is 12.9. The molecule has 0 aliphatic rings. The molecule has 0 radical (unpaired) electrons. The highest BCUT2D eigenvalue weighted by Crippen LogP contribution is 2.22. The Balaban J connectivity index is 1.73. The lowest BCUT2D eigenvalue weighted by Gasteiger charge is -2.19. The number of hydrogen-bond acceptors (Lipinski definition) is 3. The average molecular weight is 339 g/mol. The Morgan fingerprint density at radius 2 is 1.92 bits per heavy atom. The quantitative estimate of drug-likeness (QED) is 0.758. The van der Waals surface area contributed by atoms with Crippen LogP contribution in [0.5, 0.6) is 0 Å². The summed E-state index contributed by atoms with van der Waals surface area (Å²) in [5.74, 6) is 0.600. The first-order chi connectivity index (χ1) is 11.4. The van der Waals surface area contributed by atoms with Crippen LogP contribution in [0.25, 0.3) is 0 Å². The maximum absolute atomic E-state index is 12.2. The average Bonchev–Trinajstić information content (AvgIpc) is 3.19. The van der Waals surface area contributed by atoms with Crippen LogP contribution in [-0.2, 0) is 12.0 Å². The number of rotatable bonds is 4. The zero-order valence-electron chi connectivity index (χ0n) is 14.1. The van der Waals surface area contributed by atoms with E-state index in [2.05, 4.69) is 55.5 Å². The number of hydrogen-bond donors (Lipinski definition) is 1. The molecule has 0 spiro atoms. The number of carbonyl (C=O) groups is 1. The van der Waals surface area contributed by atoms with Gasteiger partial charge in [-0.25, -0.2) is 4.68 Å². The van der Waals surface area contributed by atoms with E-state index < -0.39 is 0 Å². The summed E-state index contributed by atoms with van der Waals surface area (Å²) in [6, 6.07) is 14.0. The molecule has 1 amide bonds. The van der Waals surface area contributed by atoms with Crippen molar-refractivity contribution in [3.8, 4) is 0 Å². The highest BCUT2D eigenvalue weighted by Gasteiger charge is 2.14. The van der Waals surface area contributed by atoms with Crippen molar-refractivity contribution in [1.82, 2.24) is 9.78 Å². The molecule has 4 nitrogen and oxygen atoms in total. The van der Waals surface area contributed by atoms with Gasteiger partial charge in [0, 0.05) is 6.07 Å². The molecule has 0 saturated carbocycles. The highest BCUT2D eigenvalue weighted by atomic mass is 32.1. The molecule has 2 heterocycles. The van der Waals surface area contributed by atoms with Gasteiger partial charge in [0.25, 0.3) is 5.91 Å². The van der Waals surface area contributed by atoms with Gasteiger partial charge < -0.3 is 5.32 Å². The van der Waals surface area contributed by atoms with Crippen LogP contribution >= 0.6 is 11.3 Å². The molecule has 2 aromatic heterocycles. The fraction of sp³-hybridized carbons (Fsp3) is 0.263. The zero-order chi connectivity index (χ0) is 17.2. The van der Waals surface area contributed by atoms with Gasteiger partial charge in [0.1, 0.15) is 5.82 Å². The van der Waals surface area contributed by atoms with Crippen LogP contribution in [0, 0.1) is 0 Å². The fourth-order valence-corrected chi connectivity index (χ4v) is 3.05. The molecule has 0 saturated heterocycles. The maximum atomic E-state index is 12.2. The Morgan fingerprint density at radius 1 is 1.17 bits per heavy atom. The number of amides is 1. The van der Waals surface area contributed by atoms with E-state index in [0.717, 1.165) is 5.56 Å². The smallest absolute Gasteiger partial charge is 0.266 e. The molecule has 0 bridgehead atoms. The van der Waals surface area contributed by atoms with Gasteiger partial charge in [0.2, 0.25) is 0 Å². The number of anilines is 1. The van der Waals surface area contributed by atoms with Gasteiger partial charge in [-0.1, -0.05) is 51.1 Å². The third-order valence-electron chi connectivity index (χ3n) is 3.86. The van der Waals surface area contributed by atoms with E-state index in [1.54, 1.807) is 10.9 Å². The lowest BCUT2D eigenvalue weighted by Crippen LogP contribution is -2.15. The van der Waals surface area contributed by atoms with Crippen molar-refractivity contribution in [3.63, 3.8) is 0 Å². The first kappa shape index (κ1) is 16.5. The lowest BCUT2D eigenvalue weighted by atomic mass is 9.87. The second-order valence-electron chi connectivity index (χ2n) is 6.75. The van der Waals surface area contributed by atoms with E-state index in [1.807, 2.05) is 23.6 Å². The van der Waals surface area contributed by atoms with Crippen LogP contribution in [0.3, 0.4) is 0 Å². The molecule has 24 heavy (non-hydrogen) atoms. The zero-order valence-corrected chi connectivity index (χ0v) is 14.9. The van der Waals surface area contributed by atoms with Crippen molar-refractivity contribution in [2.45, 2.75) is 32.7 Å². The fourth-order valence-electron chi connectivity index (χ4n) is 2.43. The Labute approximate surface area is 146 Å².